The van der Waals surface area contributed by atoms with E-state index in [1.165, 1.54) is 0 Å². The molecule has 1 fully saturated rings. The molecule has 1 aromatic rings. The largest absolute Gasteiger partial charge is 0.481 e. The summed E-state index contributed by atoms with van der Waals surface area (Å²) in [7, 11) is 0. The third kappa shape index (κ3) is 3.63. The quantitative estimate of drug-likeness (QED) is 0.733. The summed E-state index contributed by atoms with van der Waals surface area (Å²) in [5.41, 5.74) is 0.634. The van der Waals surface area contributed by atoms with E-state index in [1.54, 1.807) is 18.2 Å². The van der Waals surface area contributed by atoms with Crippen molar-refractivity contribution >= 4 is 17.8 Å². The van der Waals surface area contributed by atoms with Crippen molar-refractivity contribution in [3.05, 3.63) is 35.4 Å². The Morgan fingerprint density at radius 1 is 1.23 bits per heavy atom. The van der Waals surface area contributed by atoms with E-state index in [0.29, 0.717) is 18.4 Å². The molecule has 0 bridgehead atoms. The van der Waals surface area contributed by atoms with E-state index in [2.05, 4.69) is 10.6 Å². The van der Waals surface area contributed by atoms with Crippen LogP contribution in [0.4, 0.5) is 0 Å². The van der Waals surface area contributed by atoms with Crippen LogP contribution < -0.4 is 10.6 Å². The van der Waals surface area contributed by atoms with Gasteiger partial charge >= 0.3 is 5.97 Å². The maximum absolute atomic E-state index is 11.9. The normalized spacial score (nSPS) is 15.5. The Labute approximate surface area is 128 Å². The molecule has 3 N–H and O–H groups in total. The molecule has 0 unspecified atom stereocenters. The van der Waals surface area contributed by atoms with E-state index in [1.807, 2.05) is 13.0 Å². The van der Waals surface area contributed by atoms with Gasteiger partial charge in [-0.05, 0) is 31.9 Å². The number of nitrogens with one attached hydrogen (secondary N) is 2. The van der Waals surface area contributed by atoms with Gasteiger partial charge in [0.25, 0.3) is 5.91 Å². The van der Waals surface area contributed by atoms with Gasteiger partial charge in [-0.25, -0.2) is 0 Å². The molecule has 0 atom stereocenters. The number of carbonyl (C=O) groups excluding carboxylic acids is 2. The Balaban J connectivity index is 1.78. The van der Waals surface area contributed by atoms with Crippen LogP contribution in [0, 0.1) is 12.3 Å². The number of amides is 2. The highest BCUT2D eigenvalue weighted by Gasteiger charge is 2.44. The van der Waals surface area contributed by atoms with Crippen molar-refractivity contribution < 1.29 is 19.5 Å². The molecular weight excluding hydrogens is 284 g/mol. The minimum Gasteiger partial charge on any atom is -0.481 e. The van der Waals surface area contributed by atoms with E-state index in [9.17, 15) is 14.4 Å². The fraction of sp³-hybridized carbons (Fsp3) is 0.438. The molecule has 0 aliphatic heterocycles. The summed E-state index contributed by atoms with van der Waals surface area (Å²) < 4.78 is 0. The van der Waals surface area contributed by atoms with Gasteiger partial charge in [0.05, 0.1) is 12.0 Å². The molecule has 0 heterocycles. The Hall–Kier alpha value is -2.37. The van der Waals surface area contributed by atoms with Gasteiger partial charge in [0.2, 0.25) is 5.91 Å². The second kappa shape index (κ2) is 6.60. The fourth-order valence-electron chi connectivity index (χ4n) is 2.45. The van der Waals surface area contributed by atoms with E-state index in [-0.39, 0.29) is 24.9 Å². The van der Waals surface area contributed by atoms with Gasteiger partial charge in [-0.2, -0.15) is 0 Å². The second-order valence-corrected chi connectivity index (χ2v) is 5.77. The van der Waals surface area contributed by atoms with Crippen LogP contribution in [-0.4, -0.2) is 36.0 Å². The van der Waals surface area contributed by atoms with Crippen molar-refractivity contribution in [1.82, 2.24) is 10.6 Å². The Bertz CT molecular complexity index is 594. The molecule has 2 rings (SSSR count). The molecule has 6 heteroatoms. The lowest BCUT2D eigenvalue weighted by Gasteiger charge is -2.37. The number of benzene rings is 1. The van der Waals surface area contributed by atoms with E-state index in [0.717, 1.165) is 12.0 Å². The average molecular weight is 304 g/mol. The highest BCUT2D eigenvalue weighted by atomic mass is 16.4. The van der Waals surface area contributed by atoms with Gasteiger partial charge in [0.1, 0.15) is 0 Å². The minimum atomic E-state index is -0.872. The number of aliphatic carboxylic acids is 1. The first-order valence-corrected chi connectivity index (χ1v) is 7.28. The third-order valence-corrected chi connectivity index (χ3v) is 4.08. The molecule has 0 aromatic heterocycles. The first-order chi connectivity index (χ1) is 10.4. The van der Waals surface area contributed by atoms with Crippen molar-refractivity contribution in [2.24, 2.45) is 5.41 Å². The lowest BCUT2D eigenvalue weighted by Crippen LogP contribution is -2.49. The van der Waals surface area contributed by atoms with Crippen LogP contribution in [0.1, 0.15) is 35.2 Å². The fourth-order valence-corrected chi connectivity index (χ4v) is 2.45. The molecule has 0 spiro atoms. The Morgan fingerprint density at radius 3 is 2.50 bits per heavy atom. The molecule has 1 aromatic carbocycles. The molecule has 2 amide bonds. The lowest BCUT2D eigenvalue weighted by atomic mass is 9.69. The summed E-state index contributed by atoms with van der Waals surface area (Å²) in [6.07, 6.45) is 2.03. The van der Waals surface area contributed by atoms with Gasteiger partial charge in [-0.1, -0.05) is 24.1 Å². The zero-order valence-corrected chi connectivity index (χ0v) is 12.5. The van der Waals surface area contributed by atoms with Crippen LogP contribution in [-0.2, 0) is 9.59 Å². The monoisotopic (exact) mass is 304 g/mol. The number of carboxylic acid groups (broad SMARTS) is 1. The summed E-state index contributed by atoms with van der Waals surface area (Å²) in [5, 5.41) is 14.3. The molecule has 0 saturated heterocycles. The van der Waals surface area contributed by atoms with Gasteiger partial charge in [-0.15, -0.1) is 0 Å². The lowest BCUT2D eigenvalue weighted by molar-refractivity contribution is -0.154. The number of carbonyl (C=O) groups is 3. The average Bonchev–Trinajstić information content (AvgIpc) is 2.43. The van der Waals surface area contributed by atoms with Crippen LogP contribution in [0.5, 0.6) is 0 Å². The molecule has 1 aliphatic rings. The minimum absolute atomic E-state index is 0.113. The summed E-state index contributed by atoms with van der Waals surface area (Å²) in [6.45, 7) is 1.83. The van der Waals surface area contributed by atoms with Crippen molar-refractivity contribution in [3.63, 3.8) is 0 Å². The van der Waals surface area contributed by atoms with Crippen molar-refractivity contribution in [2.75, 3.05) is 13.1 Å². The van der Waals surface area contributed by atoms with Crippen molar-refractivity contribution in [2.45, 2.75) is 26.2 Å². The van der Waals surface area contributed by atoms with E-state index in [4.69, 9.17) is 5.11 Å². The molecule has 118 valence electrons. The summed E-state index contributed by atoms with van der Waals surface area (Å²) in [5.74, 6) is -1.58. The SMILES string of the molecule is Cc1cccc(C(=O)NCC(=O)NCC2(C(=O)O)CCC2)c1. The van der Waals surface area contributed by atoms with Gasteiger partial charge in [0, 0.05) is 12.1 Å². The molecule has 0 radical (unpaired) electrons. The number of hydrogen-bond donors (Lipinski definition) is 3. The van der Waals surface area contributed by atoms with Gasteiger partial charge in [0.15, 0.2) is 0 Å². The topological polar surface area (TPSA) is 95.5 Å². The zero-order chi connectivity index (χ0) is 16.2. The van der Waals surface area contributed by atoms with E-state index >= 15 is 0 Å². The third-order valence-electron chi connectivity index (χ3n) is 4.08. The van der Waals surface area contributed by atoms with Gasteiger partial charge < -0.3 is 15.7 Å². The van der Waals surface area contributed by atoms with Crippen LogP contribution >= 0.6 is 0 Å². The Morgan fingerprint density at radius 2 is 1.95 bits per heavy atom. The molecular formula is C16H20N2O4. The summed E-state index contributed by atoms with van der Waals surface area (Å²) in [4.78, 5) is 34.8. The van der Waals surface area contributed by atoms with Crippen LogP contribution in [0.15, 0.2) is 24.3 Å². The maximum Gasteiger partial charge on any atom is 0.311 e. The Kier molecular flexibility index (Phi) is 4.80. The predicted octanol–water partition coefficient (Wildman–Crippen LogP) is 1.10. The van der Waals surface area contributed by atoms with Crippen LogP contribution in [0.3, 0.4) is 0 Å². The predicted molar refractivity (Wildman–Crippen MR) is 80.4 cm³/mol. The standard InChI is InChI=1S/C16H20N2O4/c1-11-4-2-5-12(8-11)14(20)17-9-13(19)18-10-16(15(21)22)6-3-7-16/h2,4-5,8H,3,6-7,9-10H2,1H3,(H,17,20)(H,18,19)(H,21,22). The summed E-state index contributed by atoms with van der Waals surface area (Å²) in [6, 6.07) is 7.07. The molecule has 1 saturated carbocycles. The van der Waals surface area contributed by atoms with Gasteiger partial charge in [-0.3, -0.25) is 14.4 Å². The molecule has 1 aliphatic carbocycles. The number of aryl methyl sites for hydroxylation is 1. The zero-order valence-electron chi connectivity index (χ0n) is 12.5. The number of rotatable bonds is 6. The van der Waals surface area contributed by atoms with Crippen LogP contribution in [0.25, 0.3) is 0 Å². The highest BCUT2D eigenvalue weighted by molar-refractivity contribution is 5.96. The van der Waals surface area contributed by atoms with E-state index < -0.39 is 11.4 Å². The smallest absolute Gasteiger partial charge is 0.311 e. The maximum atomic E-state index is 11.9. The first-order valence-electron chi connectivity index (χ1n) is 7.28. The first kappa shape index (κ1) is 16.0. The van der Waals surface area contributed by atoms with Crippen molar-refractivity contribution in [3.8, 4) is 0 Å². The highest BCUT2D eigenvalue weighted by Crippen LogP contribution is 2.40. The number of carboxylic acids is 1. The molecule has 6 nitrogen and oxygen atoms in total. The molecule has 22 heavy (non-hydrogen) atoms. The van der Waals surface area contributed by atoms with Crippen LogP contribution in [0.2, 0.25) is 0 Å². The summed E-state index contributed by atoms with van der Waals surface area (Å²) >= 11 is 0. The second-order valence-electron chi connectivity index (χ2n) is 5.77. The van der Waals surface area contributed by atoms with Crippen molar-refractivity contribution in [1.29, 1.82) is 0 Å². The number of hydrogen-bond acceptors (Lipinski definition) is 3.